The molecule has 9 heteroatoms. The minimum Gasteiger partial charge on any atom is -0.368 e. The van der Waals surface area contributed by atoms with Gasteiger partial charge in [0.2, 0.25) is 5.91 Å². The van der Waals surface area contributed by atoms with Crippen molar-refractivity contribution in [2.45, 2.75) is 26.9 Å². The molecule has 3 rings (SSSR count). The van der Waals surface area contributed by atoms with E-state index in [9.17, 15) is 14.4 Å². The number of benzene rings is 1. The lowest BCUT2D eigenvalue weighted by atomic mass is 10.1. The van der Waals surface area contributed by atoms with E-state index in [0.29, 0.717) is 23.0 Å². The second-order valence-corrected chi connectivity index (χ2v) is 6.62. The maximum atomic E-state index is 12.8. The summed E-state index contributed by atoms with van der Waals surface area (Å²) in [5.41, 5.74) is 5.44. The number of carbonyl (C=O) groups excluding carboxylic acids is 2. The molecule has 0 aliphatic carbocycles. The first kappa shape index (κ1) is 18.3. The fraction of sp³-hybridized carbons (Fsp3) is 0.278. The van der Waals surface area contributed by atoms with Crippen molar-refractivity contribution in [2.24, 2.45) is 11.7 Å². The molecule has 0 aliphatic rings. The van der Waals surface area contributed by atoms with E-state index < -0.39 is 11.8 Å². The molecular weight excluding hydrogens is 348 g/mol. The Morgan fingerprint density at radius 2 is 1.93 bits per heavy atom. The Labute approximate surface area is 154 Å². The van der Waals surface area contributed by atoms with Gasteiger partial charge in [-0.1, -0.05) is 32.0 Å². The Morgan fingerprint density at radius 3 is 2.59 bits per heavy atom. The van der Waals surface area contributed by atoms with E-state index in [-0.39, 0.29) is 23.7 Å². The van der Waals surface area contributed by atoms with Gasteiger partial charge in [-0.3, -0.25) is 19.1 Å². The molecule has 0 saturated heterocycles. The molecule has 3 N–H and O–H groups in total. The Balaban J connectivity index is 1.98. The molecule has 0 bridgehead atoms. The number of hydrogen-bond donors (Lipinski definition) is 2. The van der Waals surface area contributed by atoms with Crippen molar-refractivity contribution >= 4 is 28.3 Å². The molecule has 0 radical (unpaired) electrons. The fourth-order valence-corrected chi connectivity index (χ4v) is 2.74. The van der Waals surface area contributed by atoms with E-state index in [2.05, 4.69) is 15.5 Å². The molecule has 0 saturated carbocycles. The summed E-state index contributed by atoms with van der Waals surface area (Å²) in [6, 6.07) is 6.86. The summed E-state index contributed by atoms with van der Waals surface area (Å²) < 4.78 is 2.64. The fourth-order valence-electron chi connectivity index (χ4n) is 2.74. The van der Waals surface area contributed by atoms with Gasteiger partial charge in [-0.2, -0.15) is 10.2 Å². The van der Waals surface area contributed by atoms with Crippen molar-refractivity contribution in [1.29, 1.82) is 0 Å². The summed E-state index contributed by atoms with van der Waals surface area (Å²) in [7, 11) is 0. The van der Waals surface area contributed by atoms with E-state index in [1.54, 1.807) is 24.3 Å². The maximum absolute atomic E-state index is 12.8. The smallest absolute Gasteiger partial charge is 0.276 e. The molecule has 9 nitrogen and oxygen atoms in total. The third kappa shape index (κ3) is 4.02. The van der Waals surface area contributed by atoms with Crippen LogP contribution in [0.25, 0.3) is 10.8 Å². The lowest BCUT2D eigenvalue weighted by molar-refractivity contribution is -0.118. The van der Waals surface area contributed by atoms with Gasteiger partial charge < -0.3 is 11.1 Å². The van der Waals surface area contributed by atoms with Gasteiger partial charge in [-0.05, 0) is 12.0 Å². The highest BCUT2D eigenvalue weighted by atomic mass is 16.2. The van der Waals surface area contributed by atoms with Gasteiger partial charge in [0.05, 0.1) is 17.3 Å². The van der Waals surface area contributed by atoms with E-state index in [4.69, 9.17) is 5.73 Å². The molecule has 2 aromatic heterocycles. The number of anilines is 1. The van der Waals surface area contributed by atoms with Crippen LogP contribution in [0, 0.1) is 5.92 Å². The van der Waals surface area contributed by atoms with Crippen LogP contribution in [0.3, 0.4) is 0 Å². The second kappa shape index (κ2) is 7.40. The van der Waals surface area contributed by atoms with E-state index in [1.807, 2.05) is 13.8 Å². The number of nitrogens with zero attached hydrogens (tertiary/aromatic N) is 4. The zero-order valence-corrected chi connectivity index (χ0v) is 15.0. The van der Waals surface area contributed by atoms with Crippen molar-refractivity contribution in [1.82, 2.24) is 19.6 Å². The Kier molecular flexibility index (Phi) is 5.02. The number of fused-ring (bicyclic) bond motifs is 1. The zero-order chi connectivity index (χ0) is 19.6. The third-order valence-corrected chi connectivity index (χ3v) is 3.83. The van der Waals surface area contributed by atoms with Gasteiger partial charge in [0.15, 0.2) is 5.69 Å². The lowest BCUT2D eigenvalue weighted by Gasteiger charge is -2.12. The highest BCUT2D eigenvalue weighted by Gasteiger charge is 2.18. The van der Waals surface area contributed by atoms with Crippen molar-refractivity contribution in [3.63, 3.8) is 0 Å². The third-order valence-electron chi connectivity index (χ3n) is 3.83. The topological polar surface area (TPSA) is 125 Å². The Morgan fingerprint density at radius 1 is 1.22 bits per heavy atom. The monoisotopic (exact) mass is 368 g/mol. The molecule has 0 aliphatic heterocycles. The summed E-state index contributed by atoms with van der Waals surface area (Å²) in [4.78, 5) is 36.4. The molecule has 2 heterocycles. The molecular formula is C18H20N6O3. The average Bonchev–Trinajstić information content (AvgIpc) is 3.03. The van der Waals surface area contributed by atoms with Crippen LogP contribution in [0.1, 0.15) is 24.3 Å². The number of hydrogen-bond acceptors (Lipinski definition) is 5. The number of aromatic nitrogens is 4. The van der Waals surface area contributed by atoms with E-state index in [0.717, 1.165) is 0 Å². The van der Waals surface area contributed by atoms with Gasteiger partial charge in [0.25, 0.3) is 11.5 Å². The zero-order valence-electron chi connectivity index (χ0n) is 15.0. The van der Waals surface area contributed by atoms with Crippen LogP contribution in [-0.2, 0) is 17.9 Å². The number of carbonyl (C=O) groups is 2. The molecule has 27 heavy (non-hydrogen) atoms. The van der Waals surface area contributed by atoms with Crippen molar-refractivity contribution in [3.8, 4) is 0 Å². The van der Waals surface area contributed by atoms with Gasteiger partial charge in [0.1, 0.15) is 6.54 Å². The predicted molar refractivity (Wildman–Crippen MR) is 100 cm³/mol. The SMILES string of the molecule is CC(C)Cn1nc(C(=O)Nc2cnn(CC(N)=O)c2)c2ccccc2c1=O. The van der Waals surface area contributed by atoms with Crippen LogP contribution in [0.4, 0.5) is 5.69 Å². The number of nitrogens with two attached hydrogens (primary N) is 1. The molecule has 2 amide bonds. The van der Waals surface area contributed by atoms with Gasteiger partial charge in [-0.25, -0.2) is 4.68 Å². The van der Waals surface area contributed by atoms with Crippen LogP contribution in [0.15, 0.2) is 41.5 Å². The Bertz CT molecular complexity index is 1070. The quantitative estimate of drug-likeness (QED) is 0.671. The standard InChI is InChI=1S/C18H20N6O3/c1-11(2)8-24-18(27)14-6-4-3-5-13(14)16(22-24)17(26)21-12-7-20-23(9-12)10-15(19)25/h3-7,9,11H,8,10H2,1-2H3,(H2,19,25)(H,21,26). The average molecular weight is 368 g/mol. The van der Waals surface area contributed by atoms with Crippen LogP contribution in [0.5, 0.6) is 0 Å². The summed E-state index contributed by atoms with van der Waals surface area (Å²) in [6.07, 6.45) is 2.90. The molecule has 1 aromatic carbocycles. The van der Waals surface area contributed by atoms with Crippen molar-refractivity contribution in [2.75, 3.05) is 5.32 Å². The van der Waals surface area contributed by atoms with Gasteiger partial charge in [0, 0.05) is 18.1 Å². The molecule has 140 valence electrons. The van der Waals surface area contributed by atoms with E-state index >= 15 is 0 Å². The maximum Gasteiger partial charge on any atom is 0.276 e. The molecule has 3 aromatic rings. The van der Waals surface area contributed by atoms with Crippen LogP contribution in [0.2, 0.25) is 0 Å². The van der Waals surface area contributed by atoms with Crippen molar-refractivity contribution in [3.05, 3.63) is 52.7 Å². The first-order valence-electron chi connectivity index (χ1n) is 8.47. The highest BCUT2D eigenvalue weighted by molar-refractivity contribution is 6.11. The first-order chi connectivity index (χ1) is 12.8. The molecule has 0 spiro atoms. The van der Waals surface area contributed by atoms with Gasteiger partial charge >= 0.3 is 0 Å². The minimum absolute atomic E-state index is 0.0870. The second-order valence-electron chi connectivity index (χ2n) is 6.62. The number of rotatable bonds is 6. The Hall–Kier alpha value is -3.49. The summed E-state index contributed by atoms with van der Waals surface area (Å²) in [5.74, 6) is -0.814. The predicted octanol–water partition coefficient (Wildman–Crippen LogP) is 0.987. The first-order valence-corrected chi connectivity index (χ1v) is 8.47. The number of primary amides is 1. The summed E-state index contributed by atoms with van der Waals surface area (Å²) in [6.45, 7) is 4.25. The summed E-state index contributed by atoms with van der Waals surface area (Å²) in [5, 5.41) is 11.8. The van der Waals surface area contributed by atoms with Crippen LogP contribution in [-0.4, -0.2) is 31.4 Å². The molecule has 0 fully saturated rings. The number of amides is 2. The van der Waals surface area contributed by atoms with Crippen LogP contribution < -0.4 is 16.6 Å². The molecule has 0 atom stereocenters. The van der Waals surface area contributed by atoms with Gasteiger partial charge in [-0.15, -0.1) is 0 Å². The van der Waals surface area contributed by atoms with Crippen molar-refractivity contribution < 1.29 is 9.59 Å². The summed E-state index contributed by atoms with van der Waals surface area (Å²) >= 11 is 0. The molecule has 0 unspecified atom stereocenters. The van der Waals surface area contributed by atoms with Crippen LogP contribution >= 0.6 is 0 Å². The normalized spacial score (nSPS) is 11.1. The van der Waals surface area contributed by atoms with E-state index in [1.165, 1.54) is 21.8 Å². The lowest BCUT2D eigenvalue weighted by Crippen LogP contribution is -2.29. The largest absolute Gasteiger partial charge is 0.368 e. The highest BCUT2D eigenvalue weighted by Crippen LogP contribution is 2.16. The number of nitrogens with one attached hydrogen (secondary N) is 1. The minimum atomic E-state index is -0.538.